The van der Waals surface area contributed by atoms with Gasteiger partial charge in [0.1, 0.15) is 31.0 Å². The van der Waals surface area contributed by atoms with Crippen LogP contribution in [0, 0.1) is 17.8 Å². The number of thiocarbonyl (C=S) groups is 6. The molecule has 4 unspecified atom stereocenters. The van der Waals surface area contributed by atoms with Crippen LogP contribution in [0.2, 0.25) is 0 Å². The third-order valence-corrected chi connectivity index (χ3v) is 8.08. The molecule has 0 N–H and O–H groups in total. The minimum absolute atomic E-state index is 0.0192. The van der Waals surface area contributed by atoms with Crippen molar-refractivity contribution in [3.8, 4) is 0 Å². The molecule has 8 nitrogen and oxygen atoms in total. The Bertz CT molecular complexity index is 1020. The van der Waals surface area contributed by atoms with Gasteiger partial charge in [-0.2, -0.15) is 4.20 Å². The van der Waals surface area contributed by atoms with Crippen molar-refractivity contribution in [2.75, 3.05) is 20.3 Å². The maximum atomic E-state index is 6.66. The monoisotopic (exact) mass is 800 g/mol. The lowest BCUT2D eigenvalue weighted by Crippen LogP contribution is -2.62. The van der Waals surface area contributed by atoms with Crippen LogP contribution in [-0.2, 0) is 114 Å². The number of hydrogen-bond donors (Lipinski definition) is 0. The van der Waals surface area contributed by atoms with E-state index in [1.807, 2.05) is 6.92 Å². The summed E-state index contributed by atoms with van der Waals surface area (Å²) in [7, 11) is 1.57. The van der Waals surface area contributed by atoms with Crippen LogP contribution in [0.15, 0.2) is 0 Å². The molecule has 0 bridgehead atoms. The molecular formula is C22H24O8S12-6. The van der Waals surface area contributed by atoms with Crippen molar-refractivity contribution >= 4 is 175 Å². The summed E-state index contributed by atoms with van der Waals surface area (Å²) in [5.41, 5.74) is 0. The molecular weight excluding hydrogens is 777 g/mol. The summed E-state index contributed by atoms with van der Waals surface area (Å²) in [5.74, 6) is -1.24. The Morgan fingerprint density at radius 2 is 1.24 bits per heavy atom. The van der Waals surface area contributed by atoms with Crippen LogP contribution in [-0.4, -0.2) is 89.3 Å². The smallest absolute Gasteiger partial charge is 0.199 e. The predicted molar refractivity (Wildman–Crippen MR) is 196 cm³/mol. The van der Waals surface area contributed by atoms with Crippen molar-refractivity contribution in [1.29, 1.82) is 0 Å². The van der Waals surface area contributed by atoms with Crippen LogP contribution in [0.1, 0.15) is 19.8 Å². The van der Waals surface area contributed by atoms with E-state index in [4.69, 9.17) is 187 Å². The van der Waals surface area contributed by atoms with Crippen molar-refractivity contribution in [2.45, 2.75) is 62.7 Å². The second-order valence-corrected chi connectivity index (χ2v) is 15.4. The highest BCUT2D eigenvalue weighted by Gasteiger charge is 2.53. The largest absolute Gasteiger partial charge is 0.513 e. The van der Waals surface area contributed by atoms with Crippen LogP contribution in [0.5, 0.6) is 0 Å². The standard InChI is InChI=1S/C22H30O8S12/c1-7-11(6-25-19(35)36)26-17(16(30-22(41)42)13(7)28-20(37)38)27-14-8(5-24-18(33)34)3-10(23-2)9(4-12(31)32)15(14)29-21(39)40/h7-11,13-17H,3-6H2,1-2H3,(H,31,32)(H,33,34)(H,35,36)(H,37,38)(H,39,40)(H,41,42)/p-6/t7-,8+,9?,10-,11?,13+,14-,15?,16?,17+/m1/s1. The third-order valence-electron chi connectivity index (χ3n) is 6.70. The van der Waals surface area contributed by atoms with Gasteiger partial charge in [0.15, 0.2) is 12.4 Å². The molecule has 1 saturated carbocycles. The van der Waals surface area contributed by atoms with Crippen molar-refractivity contribution in [3.05, 3.63) is 0 Å². The number of rotatable bonds is 12. The summed E-state index contributed by atoms with van der Waals surface area (Å²) in [6.45, 7) is 1.86. The van der Waals surface area contributed by atoms with Gasteiger partial charge >= 0.3 is 0 Å². The van der Waals surface area contributed by atoms with Gasteiger partial charge in [0.25, 0.3) is 0 Å². The first-order valence-corrected chi connectivity index (χ1v) is 16.9. The van der Waals surface area contributed by atoms with Crippen molar-refractivity contribution < 1.29 is 37.9 Å². The van der Waals surface area contributed by atoms with Gasteiger partial charge in [0.2, 0.25) is 0 Å². The zero-order valence-corrected chi connectivity index (χ0v) is 31.6. The van der Waals surface area contributed by atoms with Gasteiger partial charge < -0.3 is 187 Å². The molecule has 2 fully saturated rings. The minimum atomic E-state index is -1.19. The molecule has 1 aliphatic heterocycles. The average molecular weight is 801 g/mol. The summed E-state index contributed by atoms with van der Waals surface area (Å²) in [5, 5.41) is 0. The SMILES string of the molecule is CO[C@@H]1C[C@@H](COC(=S)[S-])[C@@H](O[C@@H]2OC(COC(=S)[S-])[C@@H](C)[C@H](OC(=S)[S-])C2OC(=S)[S-])C(OC(=S)[S-])C1CC(=S)[S-]. The summed E-state index contributed by atoms with van der Waals surface area (Å²) in [6, 6.07) is 0. The summed E-state index contributed by atoms with van der Waals surface area (Å²) < 4.78 is 47.2. The van der Waals surface area contributed by atoms with Gasteiger partial charge in [0.05, 0.1) is 12.7 Å². The van der Waals surface area contributed by atoms with E-state index >= 15 is 0 Å². The van der Waals surface area contributed by atoms with Crippen LogP contribution >= 0.6 is 73.3 Å². The number of hydrogen-bond acceptors (Lipinski definition) is 20. The molecule has 2 aliphatic rings. The normalized spacial score (nSPS) is 32.5. The van der Waals surface area contributed by atoms with Gasteiger partial charge in [-0.1, -0.05) is 6.92 Å². The predicted octanol–water partition coefficient (Wildman–Crippen LogP) is 3.00. The molecule has 0 spiro atoms. The lowest BCUT2D eigenvalue weighted by molar-refractivity contribution is -0.312. The summed E-state index contributed by atoms with van der Waals surface area (Å²) >= 11 is 61.0. The summed E-state index contributed by atoms with van der Waals surface area (Å²) in [6.07, 6.45) is -5.00. The number of ether oxygens (including phenoxy) is 8. The molecule has 20 heteroatoms. The minimum Gasteiger partial charge on any atom is -0.513 e. The van der Waals surface area contributed by atoms with Crippen molar-refractivity contribution in [1.82, 2.24) is 0 Å². The molecule has 0 aromatic carbocycles. The van der Waals surface area contributed by atoms with E-state index in [0.29, 0.717) is 10.6 Å². The van der Waals surface area contributed by atoms with E-state index in [2.05, 4.69) is 0 Å². The number of methoxy groups -OCH3 is 1. The van der Waals surface area contributed by atoms with Gasteiger partial charge in [-0.15, -0.1) is 0 Å². The van der Waals surface area contributed by atoms with Gasteiger partial charge in [-0.3, -0.25) is 0 Å². The Morgan fingerprint density at radius 3 is 1.74 bits per heavy atom. The maximum absolute atomic E-state index is 6.66. The highest BCUT2D eigenvalue weighted by Crippen LogP contribution is 2.41. The quantitative estimate of drug-likeness (QED) is 0.215. The van der Waals surface area contributed by atoms with Gasteiger partial charge in [-0.05, 0) is 12.8 Å². The highest BCUT2D eigenvalue weighted by atomic mass is 32.2. The lowest BCUT2D eigenvalue weighted by atomic mass is 9.74. The topological polar surface area (TPSA) is 73.8 Å². The molecule has 42 heavy (non-hydrogen) atoms. The maximum Gasteiger partial charge on any atom is 0.199 e. The van der Waals surface area contributed by atoms with Gasteiger partial charge in [-0.25, -0.2) is 0 Å². The molecule has 10 atom stereocenters. The van der Waals surface area contributed by atoms with Crippen LogP contribution in [0.25, 0.3) is 0 Å². The molecule has 1 heterocycles. The first kappa shape index (κ1) is 38.9. The van der Waals surface area contributed by atoms with E-state index in [9.17, 15) is 0 Å². The van der Waals surface area contributed by atoms with Crippen molar-refractivity contribution in [3.63, 3.8) is 0 Å². The molecule has 0 radical (unpaired) electrons. The van der Waals surface area contributed by atoms with E-state index in [0.717, 1.165) is 0 Å². The van der Waals surface area contributed by atoms with Gasteiger partial charge in [0, 0.05) is 46.8 Å². The summed E-state index contributed by atoms with van der Waals surface area (Å²) in [4.78, 5) is 0. The molecule has 1 saturated heterocycles. The average Bonchev–Trinajstić information content (AvgIpc) is 2.86. The Hall–Kier alpha value is 0.740. The van der Waals surface area contributed by atoms with Crippen LogP contribution in [0.4, 0.5) is 0 Å². The van der Waals surface area contributed by atoms with E-state index in [1.165, 1.54) is 0 Å². The van der Waals surface area contributed by atoms with Crippen LogP contribution < -0.4 is 0 Å². The zero-order valence-electron chi connectivity index (χ0n) is 21.8. The molecule has 0 amide bonds. The fourth-order valence-corrected chi connectivity index (χ4v) is 6.32. The fraction of sp³-hybridized carbons (Fsp3) is 0.727. The molecule has 238 valence electrons. The molecule has 0 aromatic heterocycles. The first-order valence-electron chi connectivity index (χ1n) is 12.0. The highest BCUT2D eigenvalue weighted by molar-refractivity contribution is 8.01. The Morgan fingerprint density at radius 1 is 0.714 bits per heavy atom. The second kappa shape index (κ2) is 18.8. The zero-order chi connectivity index (χ0) is 31.7. The van der Waals surface area contributed by atoms with Crippen LogP contribution in [0.3, 0.4) is 0 Å². The fourth-order valence-electron chi connectivity index (χ4n) is 5.00. The third kappa shape index (κ3) is 12.2. The second-order valence-electron chi connectivity index (χ2n) is 9.13. The molecule has 0 aromatic rings. The Labute approximate surface area is 310 Å². The lowest BCUT2D eigenvalue weighted by Gasteiger charge is -2.51. The Kier molecular flexibility index (Phi) is 17.4. The van der Waals surface area contributed by atoms with E-state index < -0.39 is 54.6 Å². The van der Waals surface area contributed by atoms with E-state index in [-0.39, 0.29) is 47.7 Å². The Balaban J connectivity index is 2.60. The van der Waals surface area contributed by atoms with E-state index in [1.54, 1.807) is 7.11 Å². The molecule has 1 aliphatic carbocycles. The molecule has 2 rings (SSSR count). The van der Waals surface area contributed by atoms with Crippen molar-refractivity contribution in [2.24, 2.45) is 17.8 Å². The first-order chi connectivity index (χ1) is 19.6.